The monoisotopic (exact) mass is 625 g/mol. The van der Waals surface area contributed by atoms with Crippen molar-refractivity contribution < 1.29 is 28.8 Å². The van der Waals surface area contributed by atoms with Crippen molar-refractivity contribution in [3.8, 4) is 11.5 Å². The van der Waals surface area contributed by atoms with E-state index >= 15 is 0 Å². The molecule has 4 heterocycles. The van der Waals surface area contributed by atoms with Crippen molar-refractivity contribution in [3.63, 3.8) is 0 Å². The maximum Gasteiger partial charge on any atom is 0.330 e. The summed E-state index contributed by atoms with van der Waals surface area (Å²) >= 11 is 0. The van der Waals surface area contributed by atoms with Crippen LogP contribution in [0.1, 0.15) is 36.8 Å². The molecular formula is C34H35N5O7. The Bertz CT molecular complexity index is 1840. The lowest BCUT2D eigenvalue weighted by molar-refractivity contribution is -0.200. The smallest absolute Gasteiger partial charge is 0.330 e. The van der Waals surface area contributed by atoms with Crippen LogP contribution in [0.25, 0.3) is 11.2 Å². The molecule has 0 spiro atoms. The molecule has 2 fully saturated rings. The minimum absolute atomic E-state index is 0.292. The van der Waals surface area contributed by atoms with E-state index in [0.717, 1.165) is 16.7 Å². The van der Waals surface area contributed by atoms with Gasteiger partial charge in [0.15, 0.2) is 23.5 Å². The van der Waals surface area contributed by atoms with Crippen molar-refractivity contribution >= 4 is 17.0 Å². The molecule has 3 aromatic carbocycles. The number of rotatable bonds is 9. The van der Waals surface area contributed by atoms with Gasteiger partial charge in [0.05, 0.1) is 20.8 Å². The van der Waals surface area contributed by atoms with E-state index in [4.69, 9.17) is 23.7 Å². The van der Waals surface area contributed by atoms with Crippen LogP contribution < -0.4 is 20.5 Å². The van der Waals surface area contributed by atoms with Gasteiger partial charge in [-0.2, -0.15) is 0 Å². The van der Waals surface area contributed by atoms with Gasteiger partial charge in [0.2, 0.25) is 0 Å². The molecule has 0 unspecified atom stereocenters. The SMILES string of the molecule is COc1ccc(C(Nc2ncnc3c2[nH]c(=O)n3[C@@H]2O[C@H](CO)[C@H]3OC(C)(C)O[C@H]32)(c2ccccc2)c2ccc(OC)cc2)cc1. The van der Waals surface area contributed by atoms with Crippen LogP contribution in [0, 0.1) is 0 Å². The Morgan fingerprint density at radius 2 is 1.48 bits per heavy atom. The maximum absolute atomic E-state index is 13.7. The summed E-state index contributed by atoms with van der Waals surface area (Å²) < 4.78 is 30.7. The fourth-order valence-corrected chi connectivity index (χ4v) is 6.55. The third-order valence-corrected chi connectivity index (χ3v) is 8.62. The summed E-state index contributed by atoms with van der Waals surface area (Å²) in [6.07, 6.45) is -1.37. The highest BCUT2D eigenvalue weighted by atomic mass is 16.8. The molecule has 0 radical (unpaired) electrons. The fraction of sp³-hybridized carbons (Fsp3) is 0.324. The second kappa shape index (κ2) is 11.6. The summed E-state index contributed by atoms with van der Waals surface area (Å²) in [6, 6.07) is 25.6. The highest BCUT2D eigenvalue weighted by molar-refractivity contribution is 5.84. The minimum Gasteiger partial charge on any atom is -0.497 e. The average molecular weight is 626 g/mol. The fourth-order valence-electron chi connectivity index (χ4n) is 6.55. The van der Waals surface area contributed by atoms with Crippen molar-refractivity contribution in [2.24, 2.45) is 0 Å². The van der Waals surface area contributed by atoms with E-state index in [1.165, 1.54) is 10.9 Å². The predicted octanol–water partition coefficient (Wildman–Crippen LogP) is 3.95. The Balaban J connectivity index is 1.41. The molecule has 2 aromatic heterocycles. The first-order chi connectivity index (χ1) is 22.3. The van der Waals surface area contributed by atoms with Crippen LogP contribution in [0.2, 0.25) is 0 Å². The number of anilines is 1. The zero-order chi connectivity index (χ0) is 32.1. The minimum atomic E-state index is -0.997. The summed E-state index contributed by atoms with van der Waals surface area (Å²) in [6.45, 7) is 3.29. The van der Waals surface area contributed by atoms with Crippen molar-refractivity contribution in [3.05, 3.63) is 112 Å². The first-order valence-electron chi connectivity index (χ1n) is 15.0. The lowest BCUT2D eigenvalue weighted by atomic mass is 9.77. The van der Waals surface area contributed by atoms with Crippen LogP contribution in [0.5, 0.6) is 11.5 Å². The number of nitrogens with zero attached hydrogens (tertiary/aromatic N) is 3. The zero-order valence-electron chi connectivity index (χ0n) is 25.8. The summed E-state index contributed by atoms with van der Waals surface area (Å²) in [5, 5.41) is 13.8. The number of hydrogen-bond donors (Lipinski definition) is 3. The van der Waals surface area contributed by atoms with Gasteiger partial charge < -0.3 is 39.1 Å². The Labute approximate surface area is 264 Å². The third-order valence-electron chi connectivity index (χ3n) is 8.62. The van der Waals surface area contributed by atoms with Crippen molar-refractivity contribution in [1.82, 2.24) is 19.5 Å². The number of benzene rings is 3. The average Bonchev–Trinajstić information content (AvgIpc) is 3.71. The number of H-pyrrole nitrogens is 1. The summed E-state index contributed by atoms with van der Waals surface area (Å²) in [5.74, 6) is 0.898. The summed E-state index contributed by atoms with van der Waals surface area (Å²) in [5.41, 5.74) is 1.93. The van der Waals surface area contributed by atoms with Crippen LogP contribution in [0.4, 0.5) is 5.82 Å². The highest BCUT2D eigenvalue weighted by Crippen LogP contribution is 2.44. The molecule has 46 heavy (non-hydrogen) atoms. The van der Waals surface area contributed by atoms with Crippen LogP contribution in [0.15, 0.2) is 90.0 Å². The van der Waals surface area contributed by atoms with E-state index in [1.54, 1.807) is 28.1 Å². The van der Waals surface area contributed by atoms with E-state index in [9.17, 15) is 9.90 Å². The molecule has 0 saturated carbocycles. The molecule has 0 amide bonds. The standard InChI is InChI=1S/C34H35N5O7/c1-33(2)45-27-25(18-40)44-31(28(27)46-33)39-30-26(37-32(39)41)29(35-19-36-30)38-34(20-8-6-5-7-9-20,21-10-14-23(42-3)15-11-21)22-12-16-24(43-4)17-13-22/h5-17,19,25,27-28,31,40H,18H2,1-4H3,(H,37,41)(H,35,36,38)/t25-,27-,28-,31-/m1/s1. The Hall–Kier alpha value is -4.75. The topological polar surface area (TPSA) is 142 Å². The number of hydrogen-bond acceptors (Lipinski definition) is 10. The van der Waals surface area contributed by atoms with E-state index in [0.29, 0.717) is 28.5 Å². The van der Waals surface area contributed by atoms with E-state index in [1.807, 2.05) is 78.9 Å². The number of nitrogens with one attached hydrogen (secondary N) is 2. The predicted molar refractivity (Wildman–Crippen MR) is 169 cm³/mol. The van der Waals surface area contributed by atoms with Gasteiger partial charge in [-0.05, 0) is 54.8 Å². The van der Waals surface area contributed by atoms with E-state index in [2.05, 4.69) is 20.3 Å². The van der Waals surface area contributed by atoms with Gasteiger partial charge in [0, 0.05) is 0 Å². The Morgan fingerprint density at radius 3 is 2.07 bits per heavy atom. The second-order valence-corrected chi connectivity index (χ2v) is 11.7. The molecule has 2 aliphatic rings. The number of aliphatic hydroxyl groups is 1. The van der Waals surface area contributed by atoms with E-state index in [-0.39, 0.29) is 6.61 Å². The van der Waals surface area contributed by atoms with Crippen molar-refractivity contribution in [2.45, 2.75) is 49.7 Å². The van der Waals surface area contributed by atoms with Crippen LogP contribution in [-0.2, 0) is 19.7 Å². The van der Waals surface area contributed by atoms with E-state index < -0.39 is 41.6 Å². The molecule has 12 heteroatoms. The van der Waals surface area contributed by atoms with Gasteiger partial charge in [-0.1, -0.05) is 54.6 Å². The molecule has 5 aromatic rings. The number of aromatic nitrogens is 4. The first kappa shape index (κ1) is 29.9. The molecule has 12 nitrogen and oxygen atoms in total. The largest absolute Gasteiger partial charge is 0.497 e. The normalized spacial score (nSPS) is 22.1. The molecule has 0 aliphatic carbocycles. The van der Waals surface area contributed by atoms with Crippen LogP contribution >= 0.6 is 0 Å². The molecule has 3 N–H and O–H groups in total. The first-order valence-corrected chi connectivity index (χ1v) is 15.0. The summed E-state index contributed by atoms with van der Waals surface area (Å²) in [7, 11) is 3.26. The molecular weight excluding hydrogens is 590 g/mol. The second-order valence-electron chi connectivity index (χ2n) is 11.7. The number of methoxy groups -OCH3 is 2. The molecule has 238 valence electrons. The van der Waals surface area contributed by atoms with Gasteiger partial charge in [-0.3, -0.25) is 0 Å². The van der Waals surface area contributed by atoms with Gasteiger partial charge in [0.1, 0.15) is 47.2 Å². The molecule has 4 atom stereocenters. The number of ether oxygens (including phenoxy) is 5. The number of fused-ring (bicyclic) bond motifs is 2. The quantitative estimate of drug-likeness (QED) is 0.206. The molecule has 7 rings (SSSR count). The van der Waals surface area contributed by atoms with Gasteiger partial charge in [0.25, 0.3) is 0 Å². The highest BCUT2D eigenvalue weighted by Gasteiger charge is 2.56. The van der Waals surface area contributed by atoms with Gasteiger partial charge >= 0.3 is 5.69 Å². The molecule has 2 aliphatic heterocycles. The zero-order valence-corrected chi connectivity index (χ0v) is 25.8. The number of aliphatic hydroxyl groups excluding tert-OH is 1. The maximum atomic E-state index is 13.7. The van der Waals surface area contributed by atoms with Crippen LogP contribution in [-0.4, -0.2) is 69.6 Å². The lowest BCUT2D eigenvalue weighted by Crippen LogP contribution is -2.38. The number of aromatic amines is 1. The van der Waals surface area contributed by atoms with Crippen LogP contribution in [0.3, 0.4) is 0 Å². The summed E-state index contributed by atoms with van der Waals surface area (Å²) in [4.78, 5) is 25.8. The van der Waals surface area contributed by atoms with Gasteiger partial charge in [-0.25, -0.2) is 19.3 Å². The lowest BCUT2D eigenvalue weighted by Gasteiger charge is -2.37. The van der Waals surface area contributed by atoms with Crippen molar-refractivity contribution in [1.29, 1.82) is 0 Å². The Kier molecular flexibility index (Phi) is 7.52. The third kappa shape index (κ3) is 4.90. The number of imidazole rings is 1. The van der Waals surface area contributed by atoms with Gasteiger partial charge in [-0.15, -0.1) is 0 Å². The van der Waals surface area contributed by atoms with Crippen molar-refractivity contribution in [2.75, 3.05) is 26.1 Å². The molecule has 2 saturated heterocycles. The Morgan fingerprint density at radius 1 is 0.891 bits per heavy atom. The molecule has 0 bridgehead atoms.